The topological polar surface area (TPSA) is 67.8 Å². The van der Waals surface area contributed by atoms with Crippen molar-refractivity contribution in [3.63, 3.8) is 0 Å². The van der Waals surface area contributed by atoms with Crippen molar-refractivity contribution < 1.29 is 9.47 Å². The van der Waals surface area contributed by atoms with Gasteiger partial charge in [0.05, 0.1) is 19.9 Å². The van der Waals surface area contributed by atoms with Crippen LogP contribution in [0.15, 0.2) is 53.8 Å². The van der Waals surface area contributed by atoms with E-state index in [2.05, 4.69) is 26.7 Å². The number of methoxy groups -OCH3 is 1. The standard InChI is InChI=1S/C19H26N4O2.HI/c1-3-21-19(23-13-14-25-17-8-6-11-20-15-17)22-12-10-16-7-4-5-9-18(16)24-2;/h4-9,11,15H,3,10,12-14H2,1-2H3,(H2,21,22,23);1H. The normalized spacial score (nSPS) is 10.6. The average Bonchev–Trinajstić information content (AvgIpc) is 2.66. The van der Waals surface area contributed by atoms with Crippen molar-refractivity contribution in [3.8, 4) is 11.5 Å². The summed E-state index contributed by atoms with van der Waals surface area (Å²) in [6, 6.07) is 11.8. The third-order valence-corrected chi connectivity index (χ3v) is 3.49. The molecule has 7 heteroatoms. The summed E-state index contributed by atoms with van der Waals surface area (Å²) in [5.41, 5.74) is 1.16. The maximum Gasteiger partial charge on any atom is 0.191 e. The minimum atomic E-state index is 0. The molecule has 0 saturated carbocycles. The maximum absolute atomic E-state index is 5.61. The molecule has 1 heterocycles. The number of benzene rings is 1. The maximum atomic E-state index is 5.61. The van der Waals surface area contributed by atoms with Crippen molar-refractivity contribution in [2.75, 3.05) is 33.4 Å². The Morgan fingerprint density at radius 2 is 2.00 bits per heavy atom. The number of rotatable bonds is 9. The first-order chi connectivity index (χ1) is 12.3. The monoisotopic (exact) mass is 470 g/mol. The number of ether oxygens (including phenoxy) is 2. The average molecular weight is 470 g/mol. The minimum absolute atomic E-state index is 0. The lowest BCUT2D eigenvalue weighted by molar-refractivity contribution is 0.320. The molecule has 0 spiro atoms. The smallest absolute Gasteiger partial charge is 0.191 e. The van der Waals surface area contributed by atoms with Crippen molar-refractivity contribution in [1.29, 1.82) is 0 Å². The Bertz CT molecular complexity index is 653. The Morgan fingerprint density at radius 1 is 1.15 bits per heavy atom. The first-order valence-electron chi connectivity index (χ1n) is 8.50. The second-order valence-electron chi connectivity index (χ2n) is 5.29. The van der Waals surface area contributed by atoms with E-state index in [1.165, 1.54) is 0 Å². The van der Waals surface area contributed by atoms with Gasteiger partial charge in [0, 0.05) is 19.3 Å². The molecule has 0 aliphatic rings. The molecule has 0 atom stereocenters. The van der Waals surface area contributed by atoms with Gasteiger partial charge in [0.1, 0.15) is 18.1 Å². The van der Waals surface area contributed by atoms with Crippen molar-refractivity contribution in [3.05, 3.63) is 54.4 Å². The van der Waals surface area contributed by atoms with Crippen LogP contribution in [0.25, 0.3) is 0 Å². The van der Waals surface area contributed by atoms with Crippen LogP contribution < -0.4 is 20.1 Å². The summed E-state index contributed by atoms with van der Waals surface area (Å²) in [4.78, 5) is 8.62. The summed E-state index contributed by atoms with van der Waals surface area (Å²) >= 11 is 0. The number of hydrogen-bond acceptors (Lipinski definition) is 4. The van der Waals surface area contributed by atoms with Crippen LogP contribution in [0.1, 0.15) is 12.5 Å². The zero-order valence-corrected chi connectivity index (χ0v) is 17.6. The van der Waals surface area contributed by atoms with E-state index in [0.29, 0.717) is 19.7 Å². The predicted molar refractivity (Wildman–Crippen MR) is 116 cm³/mol. The molecule has 2 aromatic rings. The van der Waals surface area contributed by atoms with Gasteiger partial charge < -0.3 is 20.1 Å². The van der Waals surface area contributed by atoms with Crippen LogP contribution in [-0.2, 0) is 6.42 Å². The number of aliphatic imine (C=N–C) groups is 1. The Balaban J connectivity index is 0.00000338. The highest BCUT2D eigenvalue weighted by Crippen LogP contribution is 2.17. The van der Waals surface area contributed by atoms with E-state index in [-0.39, 0.29) is 24.0 Å². The molecule has 2 N–H and O–H groups in total. The number of nitrogens with zero attached hydrogens (tertiary/aromatic N) is 2. The lowest BCUT2D eigenvalue weighted by Crippen LogP contribution is -2.39. The van der Waals surface area contributed by atoms with Crippen LogP contribution in [0.4, 0.5) is 0 Å². The van der Waals surface area contributed by atoms with Gasteiger partial charge in [-0.25, -0.2) is 0 Å². The van der Waals surface area contributed by atoms with Crippen molar-refractivity contribution in [2.24, 2.45) is 4.99 Å². The molecule has 142 valence electrons. The van der Waals surface area contributed by atoms with Gasteiger partial charge in [0.25, 0.3) is 0 Å². The summed E-state index contributed by atoms with van der Waals surface area (Å²) < 4.78 is 11.0. The van der Waals surface area contributed by atoms with Gasteiger partial charge in [-0.1, -0.05) is 18.2 Å². The van der Waals surface area contributed by atoms with Crippen LogP contribution in [-0.4, -0.2) is 44.3 Å². The van der Waals surface area contributed by atoms with E-state index >= 15 is 0 Å². The van der Waals surface area contributed by atoms with Gasteiger partial charge in [-0.15, -0.1) is 24.0 Å². The van der Waals surface area contributed by atoms with Gasteiger partial charge >= 0.3 is 0 Å². The van der Waals surface area contributed by atoms with Gasteiger partial charge in [-0.3, -0.25) is 9.98 Å². The molecular weight excluding hydrogens is 443 g/mol. The second-order valence-corrected chi connectivity index (χ2v) is 5.29. The van der Waals surface area contributed by atoms with E-state index in [1.807, 2.05) is 37.3 Å². The van der Waals surface area contributed by atoms with Crippen LogP contribution in [0, 0.1) is 0 Å². The zero-order valence-electron chi connectivity index (χ0n) is 15.3. The molecule has 0 radical (unpaired) electrons. The summed E-state index contributed by atoms with van der Waals surface area (Å²) in [5.74, 6) is 2.45. The lowest BCUT2D eigenvalue weighted by atomic mass is 10.1. The summed E-state index contributed by atoms with van der Waals surface area (Å²) in [6.45, 7) is 4.74. The lowest BCUT2D eigenvalue weighted by Gasteiger charge is -2.12. The molecule has 1 aromatic carbocycles. The Kier molecular flexibility index (Phi) is 11.2. The van der Waals surface area contributed by atoms with Crippen LogP contribution >= 0.6 is 24.0 Å². The molecule has 0 bridgehead atoms. The van der Waals surface area contributed by atoms with Crippen molar-refractivity contribution >= 4 is 29.9 Å². The molecule has 26 heavy (non-hydrogen) atoms. The number of halogens is 1. The molecule has 0 saturated heterocycles. The fourth-order valence-corrected chi connectivity index (χ4v) is 2.31. The highest BCUT2D eigenvalue weighted by atomic mass is 127. The molecule has 2 rings (SSSR count). The Hall–Kier alpha value is -2.03. The van der Waals surface area contributed by atoms with E-state index < -0.39 is 0 Å². The Labute approximate surface area is 172 Å². The number of para-hydroxylation sites is 1. The second kappa shape index (κ2) is 13.2. The third-order valence-electron chi connectivity index (χ3n) is 3.49. The molecule has 6 nitrogen and oxygen atoms in total. The van der Waals surface area contributed by atoms with Crippen LogP contribution in [0.3, 0.4) is 0 Å². The number of aromatic nitrogens is 1. The van der Waals surface area contributed by atoms with Crippen molar-refractivity contribution in [2.45, 2.75) is 13.3 Å². The van der Waals surface area contributed by atoms with E-state index in [0.717, 1.165) is 36.0 Å². The number of guanidine groups is 1. The highest BCUT2D eigenvalue weighted by Gasteiger charge is 2.02. The van der Waals surface area contributed by atoms with E-state index in [1.54, 1.807) is 19.5 Å². The summed E-state index contributed by atoms with van der Waals surface area (Å²) in [5, 5.41) is 6.50. The molecule has 0 fully saturated rings. The number of pyridine rings is 1. The fourth-order valence-electron chi connectivity index (χ4n) is 2.31. The summed E-state index contributed by atoms with van der Waals surface area (Å²) in [6.07, 6.45) is 4.25. The molecule has 0 unspecified atom stereocenters. The third kappa shape index (κ3) is 7.90. The number of hydrogen-bond donors (Lipinski definition) is 2. The van der Waals surface area contributed by atoms with Gasteiger partial charge in [0.15, 0.2) is 5.96 Å². The molecule has 0 aliphatic carbocycles. The van der Waals surface area contributed by atoms with Crippen LogP contribution in [0.5, 0.6) is 11.5 Å². The number of nitrogens with one attached hydrogen (secondary N) is 2. The minimum Gasteiger partial charge on any atom is -0.496 e. The highest BCUT2D eigenvalue weighted by molar-refractivity contribution is 14.0. The molecule has 1 aromatic heterocycles. The zero-order chi connectivity index (χ0) is 17.7. The van der Waals surface area contributed by atoms with E-state index in [9.17, 15) is 0 Å². The molecule has 0 amide bonds. The van der Waals surface area contributed by atoms with E-state index in [4.69, 9.17) is 9.47 Å². The van der Waals surface area contributed by atoms with Gasteiger partial charge in [-0.2, -0.15) is 0 Å². The largest absolute Gasteiger partial charge is 0.496 e. The molecule has 0 aliphatic heterocycles. The fraction of sp³-hybridized carbons (Fsp3) is 0.368. The first-order valence-corrected chi connectivity index (χ1v) is 8.50. The summed E-state index contributed by atoms with van der Waals surface area (Å²) in [7, 11) is 1.69. The SMILES string of the molecule is CCNC(=NCCc1ccccc1OC)NCCOc1cccnc1.I. The first kappa shape index (κ1) is 22.0. The quantitative estimate of drug-likeness (QED) is 0.256. The predicted octanol–water partition coefficient (Wildman–Crippen LogP) is 2.88. The van der Waals surface area contributed by atoms with Gasteiger partial charge in [-0.05, 0) is 37.1 Å². The van der Waals surface area contributed by atoms with Crippen LogP contribution in [0.2, 0.25) is 0 Å². The van der Waals surface area contributed by atoms with Crippen molar-refractivity contribution in [1.82, 2.24) is 15.6 Å². The molecular formula is C19H27IN4O2. The Morgan fingerprint density at radius 3 is 2.73 bits per heavy atom. The van der Waals surface area contributed by atoms with Gasteiger partial charge in [0.2, 0.25) is 0 Å².